The van der Waals surface area contributed by atoms with Crippen LogP contribution in [0.3, 0.4) is 0 Å². The Morgan fingerprint density at radius 2 is 1.84 bits per heavy atom. The summed E-state index contributed by atoms with van der Waals surface area (Å²) in [7, 11) is 3.24. The van der Waals surface area contributed by atoms with Gasteiger partial charge < -0.3 is 19.5 Å². The van der Waals surface area contributed by atoms with Gasteiger partial charge in [0.15, 0.2) is 6.10 Å². The van der Waals surface area contributed by atoms with E-state index in [1.807, 2.05) is 0 Å². The fourth-order valence-electron chi connectivity index (χ4n) is 1.48. The summed E-state index contributed by atoms with van der Waals surface area (Å²) in [6.07, 6.45) is 0.258. The van der Waals surface area contributed by atoms with Gasteiger partial charge in [0.05, 0.1) is 7.11 Å². The molecule has 0 aliphatic heterocycles. The molecular formula is C14H21NO4. The largest absolute Gasteiger partial charge is 0.497 e. The van der Waals surface area contributed by atoms with Crippen molar-refractivity contribution < 1.29 is 19.0 Å². The van der Waals surface area contributed by atoms with Crippen molar-refractivity contribution in [2.24, 2.45) is 0 Å². The van der Waals surface area contributed by atoms with Gasteiger partial charge in [0.1, 0.15) is 11.5 Å². The minimum Gasteiger partial charge on any atom is -0.497 e. The number of hydrogen-bond acceptors (Lipinski definition) is 4. The quantitative estimate of drug-likeness (QED) is 0.727. The Labute approximate surface area is 113 Å². The average molecular weight is 267 g/mol. The van der Waals surface area contributed by atoms with Crippen molar-refractivity contribution in [3.63, 3.8) is 0 Å². The standard InChI is InChI=1S/C14H21NO4/c1-11(14(16)15-9-4-10-17-2)19-13-7-5-12(18-3)6-8-13/h5-8,11H,4,9-10H2,1-3H3,(H,15,16). The van der Waals surface area contributed by atoms with Gasteiger partial charge in [0.25, 0.3) is 5.91 Å². The van der Waals surface area contributed by atoms with Crippen LogP contribution in [0.5, 0.6) is 11.5 Å². The zero-order valence-corrected chi connectivity index (χ0v) is 11.6. The molecule has 1 atom stereocenters. The topological polar surface area (TPSA) is 56.8 Å². The van der Waals surface area contributed by atoms with Crippen LogP contribution in [0.15, 0.2) is 24.3 Å². The number of rotatable bonds is 8. The van der Waals surface area contributed by atoms with E-state index in [1.165, 1.54) is 0 Å². The molecule has 1 unspecified atom stereocenters. The first kappa shape index (κ1) is 15.3. The highest BCUT2D eigenvalue weighted by Gasteiger charge is 2.13. The van der Waals surface area contributed by atoms with Crippen molar-refractivity contribution in [3.8, 4) is 11.5 Å². The van der Waals surface area contributed by atoms with E-state index >= 15 is 0 Å². The second kappa shape index (κ2) is 8.37. The maximum absolute atomic E-state index is 11.7. The maximum Gasteiger partial charge on any atom is 0.260 e. The lowest BCUT2D eigenvalue weighted by atomic mass is 10.3. The maximum atomic E-state index is 11.7. The minimum atomic E-state index is -0.532. The van der Waals surface area contributed by atoms with Gasteiger partial charge in [-0.15, -0.1) is 0 Å². The highest BCUT2D eigenvalue weighted by atomic mass is 16.5. The van der Waals surface area contributed by atoms with Crippen LogP contribution in [0.25, 0.3) is 0 Å². The molecule has 5 heteroatoms. The SMILES string of the molecule is COCCCNC(=O)C(C)Oc1ccc(OC)cc1. The van der Waals surface area contributed by atoms with E-state index < -0.39 is 6.10 Å². The molecule has 1 aromatic rings. The lowest BCUT2D eigenvalue weighted by Crippen LogP contribution is -2.37. The van der Waals surface area contributed by atoms with E-state index in [0.29, 0.717) is 18.9 Å². The number of amides is 1. The molecule has 1 rings (SSSR count). The second-order valence-corrected chi connectivity index (χ2v) is 4.07. The number of methoxy groups -OCH3 is 2. The fourth-order valence-corrected chi connectivity index (χ4v) is 1.48. The highest BCUT2D eigenvalue weighted by molar-refractivity contribution is 5.80. The van der Waals surface area contributed by atoms with Gasteiger partial charge in [-0.2, -0.15) is 0 Å². The molecule has 0 spiro atoms. The van der Waals surface area contributed by atoms with E-state index in [-0.39, 0.29) is 5.91 Å². The Kier molecular flexibility index (Phi) is 6.74. The lowest BCUT2D eigenvalue weighted by Gasteiger charge is -2.14. The fraction of sp³-hybridized carbons (Fsp3) is 0.500. The molecule has 106 valence electrons. The minimum absolute atomic E-state index is 0.132. The van der Waals surface area contributed by atoms with Crippen molar-refractivity contribution in [2.75, 3.05) is 27.4 Å². The van der Waals surface area contributed by atoms with Gasteiger partial charge in [-0.1, -0.05) is 0 Å². The number of ether oxygens (including phenoxy) is 3. The highest BCUT2D eigenvalue weighted by Crippen LogP contribution is 2.18. The smallest absolute Gasteiger partial charge is 0.260 e. The lowest BCUT2D eigenvalue weighted by molar-refractivity contribution is -0.127. The molecule has 1 N–H and O–H groups in total. The summed E-state index contributed by atoms with van der Waals surface area (Å²) in [4.78, 5) is 11.7. The summed E-state index contributed by atoms with van der Waals surface area (Å²) in [5.41, 5.74) is 0. The molecule has 0 bridgehead atoms. The number of hydrogen-bond donors (Lipinski definition) is 1. The number of carbonyl (C=O) groups excluding carboxylic acids is 1. The molecule has 0 heterocycles. The Hall–Kier alpha value is -1.75. The number of nitrogens with one attached hydrogen (secondary N) is 1. The van der Waals surface area contributed by atoms with Crippen molar-refractivity contribution in [1.29, 1.82) is 0 Å². The predicted molar refractivity (Wildman–Crippen MR) is 72.6 cm³/mol. The van der Waals surface area contributed by atoms with E-state index in [9.17, 15) is 4.79 Å². The number of carbonyl (C=O) groups is 1. The van der Waals surface area contributed by atoms with Gasteiger partial charge in [0.2, 0.25) is 0 Å². The van der Waals surface area contributed by atoms with Gasteiger partial charge in [-0.25, -0.2) is 0 Å². The second-order valence-electron chi connectivity index (χ2n) is 4.07. The van der Waals surface area contributed by atoms with Crippen LogP contribution in [0, 0.1) is 0 Å². The average Bonchev–Trinajstić information content (AvgIpc) is 2.44. The van der Waals surface area contributed by atoms with Gasteiger partial charge in [-0.05, 0) is 37.6 Å². The van der Waals surface area contributed by atoms with Crippen LogP contribution < -0.4 is 14.8 Å². The van der Waals surface area contributed by atoms with E-state index in [2.05, 4.69) is 5.32 Å². The van der Waals surface area contributed by atoms with E-state index in [0.717, 1.165) is 12.2 Å². The molecular weight excluding hydrogens is 246 g/mol. The van der Waals surface area contributed by atoms with Crippen molar-refractivity contribution in [1.82, 2.24) is 5.32 Å². The third kappa shape index (κ3) is 5.61. The summed E-state index contributed by atoms with van der Waals surface area (Å²) >= 11 is 0. The van der Waals surface area contributed by atoms with Crippen molar-refractivity contribution >= 4 is 5.91 Å². The van der Waals surface area contributed by atoms with Crippen LogP contribution in [0.1, 0.15) is 13.3 Å². The Balaban J connectivity index is 2.35. The van der Waals surface area contributed by atoms with Crippen LogP contribution in [0.4, 0.5) is 0 Å². The van der Waals surface area contributed by atoms with Crippen molar-refractivity contribution in [2.45, 2.75) is 19.4 Å². The third-order valence-electron chi connectivity index (χ3n) is 2.57. The predicted octanol–water partition coefficient (Wildman–Crippen LogP) is 1.62. The molecule has 0 aromatic heterocycles. The molecule has 0 aliphatic carbocycles. The molecule has 0 radical (unpaired) electrons. The van der Waals surface area contributed by atoms with Crippen LogP contribution >= 0.6 is 0 Å². The third-order valence-corrected chi connectivity index (χ3v) is 2.57. The summed E-state index contributed by atoms with van der Waals surface area (Å²) in [5.74, 6) is 1.26. The summed E-state index contributed by atoms with van der Waals surface area (Å²) < 4.78 is 15.5. The molecule has 0 aliphatic rings. The van der Waals surface area contributed by atoms with E-state index in [4.69, 9.17) is 14.2 Å². The van der Waals surface area contributed by atoms with Gasteiger partial charge in [0, 0.05) is 20.3 Å². The Bertz CT molecular complexity index is 378. The first-order chi connectivity index (χ1) is 9.17. The first-order valence-corrected chi connectivity index (χ1v) is 6.24. The molecule has 0 saturated carbocycles. The molecule has 0 saturated heterocycles. The normalized spacial score (nSPS) is 11.7. The van der Waals surface area contributed by atoms with Crippen LogP contribution in [-0.4, -0.2) is 39.4 Å². The zero-order valence-electron chi connectivity index (χ0n) is 11.6. The first-order valence-electron chi connectivity index (χ1n) is 6.24. The zero-order chi connectivity index (χ0) is 14.1. The van der Waals surface area contributed by atoms with Gasteiger partial charge in [-0.3, -0.25) is 4.79 Å². The molecule has 1 aromatic carbocycles. The summed E-state index contributed by atoms with van der Waals surface area (Å²) in [6.45, 7) is 2.94. The summed E-state index contributed by atoms with van der Waals surface area (Å²) in [5, 5.41) is 2.79. The Morgan fingerprint density at radius 1 is 1.21 bits per heavy atom. The van der Waals surface area contributed by atoms with Gasteiger partial charge >= 0.3 is 0 Å². The van der Waals surface area contributed by atoms with Crippen LogP contribution in [0.2, 0.25) is 0 Å². The molecule has 1 amide bonds. The molecule has 5 nitrogen and oxygen atoms in total. The van der Waals surface area contributed by atoms with E-state index in [1.54, 1.807) is 45.4 Å². The Morgan fingerprint density at radius 3 is 2.42 bits per heavy atom. The van der Waals surface area contributed by atoms with Crippen molar-refractivity contribution in [3.05, 3.63) is 24.3 Å². The molecule has 0 fully saturated rings. The number of benzene rings is 1. The van der Waals surface area contributed by atoms with Crippen LogP contribution in [-0.2, 0) is 9.53 Å². The monoisotopic (exact) mass is 267 g/mol. The molecule has 19 heavy (non-hydrogen) atoms. The summed E-state index contributed by atoms with van der Waals surface area (Å²) in [6, 6.07) is 7.12.